The van der Waals surface area contributed by atoms with Gasteiger partial charge in [0.25, 0.3) is 0 Å². The van der Waals surface area contributed by atoms with Gasteiger partial charge in [-0.25, -0.2) is 4.79 Å². The predicted molar refractivity (Wildman–Crippen MR) is 76.4 cm³/mol. The lowest BCUT2D eigenvalue weighted by atomic mass is 10.0. The van der Waals surface area contributed by atoms with Gasteiger partial charge in [-0.2, -0.15) is 5.26 Å². The van der Waals surface area contributed by atoms with Gasteiger partial charge in [0.2, 0.25) is 0 Å². The van der Waals surface area contributed by atoms with Crippen LogP contribution in [0.2, 0.25) is 0 Å². The Hall–Kier alpha value is -3.40. The lowest BCUT2D eigenvalue weighted by molar-refractivity contribution is -0.402. The Labute approximate surface area is 125 Å². The van der Waals surface area contributed by atoms with Crippen molar-refractivity contribution in [2.75, 3.05) is 7.11 Å². The normalized spacial score (nSPS) is 10.8. The molecule has 1 aromatic carbocycles. The molecule has 0 saturated carbocycles. The van der Waals surface area contributed by atoms with Crippen LogP contribution in [0.4, 0.5) is 5.88 Å². The van der Waals surface area contributed by atoms with Gasteiger partial charge < -0.3 is 9.15 Å². The summed E-state index contributed by atoms with van der Waals surface area (Å²) >= 11 is 0. The minimum Gasteiger partial charge on any atom is -0.465 e. The average molecular weight is 298 g/mol. The summed E-state index contributed by atoms with van der Waals surface area (Å²) in [5.74, 6) is -0.893. The number of carbonyl (C=O) groups is 1. The standard InChI is InChI=1S/C15H10N2O5/c1-21-15(18)13(11-4-2-10(9-16)3-5-11)8-12-6-7-14(22-12)17(19)20/h2-8H,1H3/b13-8+. The second kappa shape index (κ2) is 6.37. The van der Waals surface area contributed by atoms with Crippen molar-refractivity contribution in [3.8, 4) is 6.07 Å². The molecule has 1 aromatic heterocycles. The van der Waals surface area contributed by atoms with Crippen molar-refractivity contribution in [1.29, 1.82) is 5.26 Å². The summed E-state index contributed by atoms with van der Waals surface area (Å²) in [4.78, 5) is 21.8. The van der Waals surface area contributed by atoms with Crippen LogP contribution in [-0.2, 0) is 9.53 Å². The highest BCUT2D eigenvalue weighted by molar-refractivity contribution is 6.21. The molecule has 0 N–H and O–H groups in total. The van der Waals surface area contributed by atoms with Crippen molar-refractivity contribution >= 4 is 23.5 Å². The Kier molecular flexibility index (Phi) is 4.34. The number of carbonyl (C=O) groups excluding carboxylic acids is 1. The molecule has 0 amide bonds. The maximum atomic E-state index is 11.9. The molecule has 7 nitrogen and oxygen atoms in total. The minimum absolute atomic E-state index is 0.149. The van der Waals surface area contributed by atoms with Gasteiger partial charge in [-0.1, -0.05) is 12.1 Å². The van der Waals surface area contributed by atoms with E-state index in [-0.39, 0.29) is 11.3 Å². The van der Waals surface area contributed by atoms with Crippen LogP contribution in [0.5, 0.6) is 0 Å². The molecule has 0 unspecified atom stereocenters. The van der Waals surface area contributed by atoms with Gasteiger partial charge >= 0.3 is 11.9 Å². The van der Waals surface area contributed by atoms with Crippen molar-refractivity contribution in [1.82, 2.24) is 0 Å². The minimum atomic E-state index is -0.670. The first-order valence-electron chi connectivity index (χ1n) is 6.10. The number of hydrogen-bond acceptors (Lipinski definition) is 6. The first-order chi connectivity index (χ1) is 10.5. The number of furan rings is 1. The maximum Gasteiger partial charge on any atom is 0.433 e. The van der Waals surface area contributed by atoms with Crippen LogP contribution in [0.25, 0.3) is 11.6 Å². The number of esters is 1. The summed E-state index contributed by atoms with van der Waals surface area (Å²) in [7, 11) is 1.23. The van der Waals surface area contributed by atoms with Crippen LogP contribution in [0.1, 0.15) is 16.9 Å². The average Bonchev–Trinajstić information content (AvgIpc) is 3.01. The number of rotatable bonds is 4. The van der Waals surface area contributed by atoms with E-state index in [1.807, 2.05) is 6.07 Å². The Morgan fingerprint density at radius 1 is 1.32 bits per heavy atom. The third-order valence-electron chi connectivity index (χ3n) is 2.81. The second-order valence-electron chi connectivity index (χ2n) is 4.17. The zero-order chi connectivity index (χ0) is 16.1. The molecule has 2 rings (SSSR count). The number of ether oxygens (including phenoxy) is 1. The first-order valence-corrected chi connectivity index (χ1v) is 6.10. The highest BCUT2D eigenvalue weighted by atomic mass is 16.6. The zero-order valence-electron chi connectivity index (χ0n) is 11.5. The highest BCUT2D eigenvalue weighted by Gasteiger charge is 2.16. The summed E-state index contributed by atoms with van der Waals surface area (Å²) in [6.07, 6.45) is 1.35. The van der Waals surface area contributed by atoms with E-state index in [4.69, 9.17) is 14.4 Å². The largest absolute Gasteiger partial charge is 0.465 e. The van der Waals surface area contributed by atoms with E-state index >= 15 is 0 Å². The fourth-order valence-corrected chi connectivity index (χ4v) is 1.75. The third-order valence-corrected chi connectivity index (χ3v) is 2.81. The summed E-state index contributed by atoms with van der Waals surface area (Å²) in [6, 6.07) is 10.8. The van der Waals surface area contributed by atoms with Gasteiger partial charge in [-0.05, 0) is 29.8 Å². The smallest absolute Gasteiger partial charge is 0.433 e. The van der Waals surface area contributed by atoms with Gasteiger partial charge in [0.1, 0.15) is 10.7 Å². The van der Waals surface area contributed by atoms with Crippen LogP contribution in [-0.4, -0.2) is 18.0 Å². The molecule has 0 aliphatic rings. The van der Waals surface area contributed by atoms with E-state index in [1.54, 1.807) is 24.3 Å². The predicted octanol–water partition coefficient (Wildman–Crippen LogP) is 2.77. The number of methoxy groups -OCH3 is 1. The molecule has 110 valence electrons. The zero-order valence-corrected chi connectivity index (χ0v) is 11.5. The first kappa shape index (κ1) is 15.0. The lowest BCUT2D eigenvalue weighted by Crippen LogP contribution is -2.03. The van der Waals surface area contributed by atoms with Gasteiger partial charge in [0.15, 0.2) is 0 Å². The molecule has 0 atom stereocenters. The van der Waals surface area contributed by atoms with Crippen LogP contribution < -0.4 is 0 Å². The van der Waals surface area contributed by atoms with Crippen molar-refractivity contribution in [2.45, 2.75) is 0 Å². The van der Waals surface area contributed by atoms with Gasteiger partial charge in [0, 0.05) is 0 Å². The van der Waals surface area contributed by atoms with Crippen molar-refractivity contribution in [2.24, 2.45) is 0 Å². The molecule has 0 fully saturated rings. The Bertz CT molecular complexity index is 781. The number of nitrogens with zero attached hydrogens (tertiary/aromatic N) is 2. The summed E-state index contributed by atoms with van der Waals surface area (Å²) in [5.41, 5.74) is 1.11. The molecule has 22 heavy (non-hydrogen) atoms. The Morgan fingerprint density at radius 2 is 2.00 bits per heavy atom. The van der Waals surface area contributed by atoms with Gasteiger partial charge in [-0.15, -0.1) is 0 Å². The van der Waals surface area contributed by atoms with Gasteiger partial charge in [0.05, 0.1) is 30.4 Å². The lowest BCUT2D eigenvalue weighted by Gasteiger charge is -2.05. The summed E-state index contributed by atoms with van der Waals surface area (Å²) in [5, 5.41) is 19.4. The molecular weight excluding hydrogens is 288 g/mol. The molecule has 0 radical (unpaired) electrons. The van der Waals surface area contributed by atoms with E-state index in [0.29, 0.717) is 11.1 Å². The van der Waals surface area contributed by atoms with Gasteiger partial charge in [-0.3, -0.25) is 10.1 Å². The molecule has 1 heterocycles. The topological polar surface area (TPSA) is 106 Å². The molecule has 2 aromatic rings. The van der Waals surface area contributed by atoms with Crippen LogP contribution >= 0.6 is 0 Å². The molecule has 0 saturated heterocycles. The second-order valence-corrected chi connectivity index (χ2v) is 4.17. The van der Waals surface area contributed by atoms with E-state index < -0.39 is 16.8 Å². The molecule has 7 heteroatoms. The summed E-state index contributed by atoms with van der Waals surface area (Å²) in [6.45, 7) is 0. The Morgan fingerprint density at radius 3 is 2.50 bits per heavy atom. The third kappa shape index (κ3) is 3.19. The fourth-order valence-electron chi connectivity index (χ4n) is 1.75. The van der Waals surface area contributed by atoms with Crippen molar-refractivity contribution in [3.63, 3.8) is 0 Å². The molecule has 0 aliphatic carbocycles. The van der Waals surface area contributed by atoms with Crippen LogP contribution in [0, 0.1) is 21.4 Å². The number of hydrogen-bond donors (Lipinski definition) is 0. The monoisotopic (exact) mass is 298 g/mol. The quantitative estimate of drug-likeness (QED) is 0.372. The number of benzene rings is 1. The van der Waals surface area contributed by atoms with E-state index in [0.717, 1.165) is 0 Å². The van der Waals surface area contributed by atoms with E-state index in [9.17, 15) is 14.9 Å². The van der Waals surface area contributed by atoms with Crippen molar-refractivity contribution in [3.05, 3.63) is 63.4 Å². The maximum absolute atomic E-state index is 11.9. The van der Waals surface area contributed by atoms with Crippen LogP contribution in [0.3, 0.4) is 0 Å². The SMILES string of the molecule is COC(=O)/C(=C/c1ccc([N+](=O)[O-])o1)c1ccc(C#N)cc1. The summed E-state index contributed by atoms with van der Waals surface area (Å²) < 4.78 is 9.70. The van der Waals surface area contributed by atoms with Crippen molar-refractivity contribution < 1.29 is 18.9 Å². The molecule has 0 spiro atoms. The Balaban J connectivity index is 2.44. The van der Waals surface area contributed by atoms with E-state index in [1.165, 1.54) is 25.3 Å². The number of nitro groups is 1. The molecule has 0 bridgehead atoms. The number of nitriles is 1. The highest BCUT2D eigenvalue weighted by Crippen LogP contribution is 2.23. The fraction of sp³-hybridized carbons (Fsp3) is 0.0667. The molecule has 0 aliphatic heterocycles. The van der Waals surface area contributed by atoms with E-state index in [2.05, 4.69) is 0 Å². The molecular formula is C15H10N2O5. The van der Waals surface area contributed by atoms with Crippen LogP contribution in [0.15, 0.2) is 40.8 Å².